The van der Waals surface area contributed by atoms with Crippen molar-refractivity contribution in [2.24, 2.45) is 0 Å². The SMILES string of the molecule is CC/C=C\C/C=C\C/C=C\C/C=C\C/C=C\C/C=C\C/C=C\C/C=C\C/C=C\C/C=C\C/C=C\C/C=C\CCCCCCC(=O)OC(COC(=O)CCCCCCCCCCCCCCCCCCC/C=C\C/C=C\C/C=C\C/C=C\C/C=C\C/C=C\C/C=C\CC)COP(=O)([O-])OCC[N+](C)(C)C. The third-order valence-electron chi connectivity index (χ3n) is 16.7. The molecule has 0 saturated carbocycles. The average Bonchev–Trinajstić information content (AvgIpc) is 0.920. The zero-order valence-corrected chi connectivity index (χ0v) is 67.5. The number of ether oxygens (including phenoxy) is 2. The first-order chi connectivity index (χ1) is 51.0. The molecule has 0 N–H and O–H groups in total. The lowest BCUT2D eigenvalue weighted by molar-refractivity contribution is -0.870. The highest BCUT2D eigenvalue weighted by molar-refractivity contribution is 7.45. The van der Waals surface area contributed by atoms with E-state index in [-0.39, 0.29) is 26.1 Å². The summed E-state index contributed by atoms with van der Waals surface area (Å²) in [5.74, 6) is -0.872. The fraction of sp³-hybridized carbons (Fsp3) is 0.574. The molecule has 2 atom stereocenters. The van der Waals surface area contributed by atoms with Crippen molar-refractivity contribution in [2.75, 3.05) is 47.5 Å². The van der Waals surface area contributed by atoms with Gasteiger partial charge in [-0.2, -0.15) is 0 Å². The summed E-state index contributed by atoms with van der Waals surface area (Å²) >= 11 is 0. The van der Waals surface area contributed by atoms with Crippen LogP contribution >= 0.6 is 7.82 Å². The van der Waals surface area contributed by atoms with Crippen LogP contribution < -0.4 is 4.89 Å². The van der Waals surface area contributed by atoms with E-state index in [1.54, 1.807) is 0 Å². The maximum atomic E-state index is 12.9. The molecule has 9 nitrogen and oxygen atoms in total. The van der Waals surface area contributed by atoms with E-state index in [1.165, 1.54) is 89.9 Å². The van der Waals surface area contributed by atoms with Gasteiger partial charge in [-0.25, -0.2) is 0 Å². The Morgan fingerprint density at radius 3 is 0.769 bits per heavy atom. The monoisotopic (exact) mass is 1450 g/mol. The highest BCUT2D eigenvalue weighted by Gasteiger charge is 2.22. The third-order valence-corrected chi connectivity index (χ3v) is 17.6. The number of unbranched alkanes of at least 4 members (excludes halogenated alkanes) is 21. The molecule has 0 amide bonds. The van der Waals surface area contributed by atoms with Crippen LogP contribution in [0.25, 0.3) is 0 Å². The average molecular weight is 1450 g/mol. The van der Waals surface area contributed by atoms with Crippen molar-refractivity contribution in [1.82, 2.24) is 0 Å². The van der Waals surface area contributed by atoms with E-state index in [2.05, 4.69) is 245 Å². The van der Waals surface area contributed by atoms with Crippen LogP contribution in [0, 0.1) is 0 Å². The van der Waals surface area contributed by atoms with Gasteiger partial charge in [0.2, 0.25) is 0 Å². The molecule has 0 aliphatic carbocycles. The molecule has 0 saturated heterocycles. The van der Waals surface area contributed by atoms with Gasteiger partial charge in [-0.3, -0.25) is 14.2 Å². The largest absolute Gasteiger partial charge is 0.756 e. The standard InChI is InChI=1S/C94H150NO8P/c1-6-8-10-12-14-16-18-20-22-24-26-28-30-32-34-36-38-40-42-44-46-47-49-51-53-55-57-59-61-63-65-67-69-71-73-75-77-79-81-83-85-87-94(97)103-92(91-102-104(98,99)101-89-88-95(3,4)5)90-100-93(96)86-84-82-80-78-76-74-72-70-68-66-64-62-60-58-56-54-52-50-48-45-43-41-39-37-35-33-31-29-27-25-23-21-19-17-15-13-11-9-7-2/h8-11,14-17,20-23,26-29,32-35,38-41,44-46,48-49,51,55,57,61,63,67,69,73,75,92H,6-7,12-13,18-19,24-25,30-31,36-37,42-43,47,50,52-54,56,58-60,62,64-66,68,70-72,74,76-91H2,1-5H3/b10-8-,11-9-,16-14-,17-15-,22-20-,23-21-,28-26-,29-27-,34-32-,35-33-,40-38-,41-39-,46-44-,48-45-,51-49-,57-55-,63-61-,69-67-,75-73-. The Hall–Kier alpha value is -5.93. The van der Waals surface area contributed by atoms with Crippen LogP contribution in [0.3, 0.4) is 0 Å². The number of carbonyl (C=O) groups is 2. The number of allylic oxidation sites excluding steroid dienone is 38. The molecule has 10 heteroatoms. The Labute approximate surface area is 639 Å². The molecule has 2 unspecified atom stereocenters. The molecular weight excluding hydrogens is 1300 g/mol. The highest BCUT2D eigenvalue weighted by atomic mass is 31.2. The second-order valence-corrected chi connectivity index (χ2v) is 29.1. The molecule has 0 aromatic heterocycles. The van der Waals surface area contributed by atoms with Gasteiger partial charge in [0.05, 0.1) is 27.7 Å². The predicted octanol–water partition coefficient (Wildman–Crippen LogP) is 27.4. The van der Waals surface area contributed by atoms with Crippen molar-refractivity contribution in [3.8, 4) is 0 Å². The van der Waals surface area contributed by atoms with E-state index in [0.717, 1.165) is 173 Å². The van der Waals surface area contributed by atoms with E-state index in [0.29, 0.717) is 17.4 Å². The highest BCUT2D eigenvalue weighted by Crippen LogP contribution is 2.38. The van der Waals surface area contributed by atoms with Crippen LogP contribution in [0.4, 0.5) is 0 Å². The summed E-state index contributed by atoms with van der Waals surface area (Å²) in [6.45, 7) is 3.97. The van der Waals surface area contributed by atoms with Crippen molar-refractivity contribution in [3.63, 3.8) is 0 Å². The van der Waals surface area contributed by atoms with Gasteiger partial charge in [0, 0.05) is 12.8 Å². The van der Waals surface area contributed by atoms with Crippen LogP contribution in [-0.2, 0) is 32.7 Å². The lowest BCUT2D eigenvalue weighted by Gasteiger charge is -2.28. The Morgan fingerprint density at radius 1 is 0.298 bits per heavy atom. The number of esters is 2. The first-order valence-corrected chi connectivity index (χ1v) is 42.6. The van der Waals surface area contributed by atoms with Gasteiger partial charge in [-0.05, 0) is 161 Å². The van der Waals surface area contributed by atoms with Gasteiger partial charge in [0.1, 0.15) is 19.8 Å². The molecular formula is C94H150NO8P. The van der Waals surface area contributed by atoms with Crippen LogP contribution in [0.1, 0.15) is 296 Å². The van der Waals surface area contributed by atoms with E-state index in [1.807, 2.05) is 21.1 Å². The minimum absolute atomic E-state index is 0.0467. The first-order valence-electron chi connectivity index (χ1n) is 41.1. The number of carbonyl (C=O) groups excluding carboxylic acids is 2. The van der Waals surface area contributed by atoms with Crippen LogP contribution in [-0.4, -0.2) is 70.0 Å². The maximum Gasteiger partial charge on any atom is 0.306 e. The zero-order valence-electron chi connectivity index (χ0n) is 66.6. The first kappa shape index (κ1) is 98.1. The molecule has 0 radical (unpaired) electrons. The lowest BCUT2D eigenvalue weighted by Crippen LogP contribution is -2.37. The number of rotatable bonds is 73. The van der Waals surface area contributed by atoms with E-state index >= 15 is 0 Å². The predicted molar refractivity (Wildman–Crippen MR) is 451 cm³/mol. The number of hydrogen-bond donors (Lipinski definition) is 0. The van der Waals surface area contributed by atoms with Gasteiger partial charge in [0.15, 0.2) is 6.10 Å². The van der Waals surface area contributed by atoms with E-state index < -0.39 is 32.5 Å². The van der Waals surface area contributed by atoms with Crippen LogP contribution in [0.2, 0.25) is 0 Å². The van der Waals surface area contributed by atoms with E-state index in [4.69, 9.17) is 18.5 Å². The molecule has 0 rings (SSSR count). The Morgan fingerprint density at radius 2 is 0.519 bits per heavy atom. The zero-order chi connectivity index (χ0) is 75.4. The normalized spacial score (nSPS) is 14.2. The second kappa shape index (κ2) is 81.2. The molecule has 104 heavy (non-hydrogen) atoms. The smallest absolute Gasteiger partial charge is 0.306 e. The maximum absolute atomic E-state index is 12.9. The third kappa shape index (κ3) is 85.0. The molecule has 0 aromatic carbocycles. The fourth-order valence-corrected chi connectivity index (χ4v) is 11.2. The van der Waals surface area contributed by atoms with Crippen molar-refractivity contribution in [3.05, 3.63) is 231 Å². The summed E-state index contributed by atoms with van der Waals surface area (Å²) in [7, 11) is 1.13. The minimum atomic E-state index is -4.67. The molecule has 0 heterocycles. The molecule has 584 valence electrons. The number of quaternary nitrogens is 1. The molecule has 0 aromatic rings. The summed E-state index contributed by atoms with van der Waals surface area (Å²) < 4.78 is 34.4. The summed E-state index contributed by atoms with van der Waals surface area (Å²) in [6, 6.07) is 0. The topological polar surface area (TPSA) is 111 Å². The molecule has 0 fully saturated rings. The van der Waals surface area contributed by atoms with Crippen LogP contribution in [0.5, 0.6) is 0 Å². The summed E-state index contributed by atoms with van der Waals surface area (Å²) in [6.07, 6.45) is 130. The van der Waals surface area contributed by atoms with E-state index in [9.17, 15) is 19.0 Å². The quantitative estimate of drug-likeness (QED) is 0.0195. The number of hydrogen-bond acceptors (Lipinski definition) is 8. The Kier molecular flexibility index (Phi) is 76.5. The van der Waals surface area contributed by atoms with Gasteiger partial charge in [-0.1, -0.05) is 354 Å². The van der Waals surface area contributed by atoms with Crippen molar-refractivity contribution in [1.29, 1.82) is 0 Å². The lowest BCUT2D eigenvalue weighted by atomic mass is 10.0. The Bertz CT molecular complexity index is 2620. The summed E-state index contributed by atoms with van der Waals surface area (Å²) in [5, 5.41) is 0. The molecule has 0 bridgehead atoms. The van der Waals surface area contributed by atoms with Crippen molar-refractivity contribution >= 4 is 19.8 Å². The Balaban J connectivity index is 4.10. The van der Waals surface area contributed by atoms with Gasteiger partial charge < -0.3 is 27.9 Å². The minimum Gasteiger partial charge on any atom is -0.756 e. The number of phosphoric acid groups is 1. The number of nitrogens with zero attached hydrogens (tertiary/aromatic N) is 1. The molecule has 0 aliphatic rings. The second-order valence-electron chi connectivity index (χ2n) is 27.7. The molecule has 0 aliphatic heterocycles. The van der Waals surface area contributed by atoms with Crippen LogP contribution in [0.15, 0.2) is 231 Å². The summed E-state index contributed by atoms with van der Waals surface area (Å²) in [4.78, 5) is 38.2. The molecule has 0 spiro atoms. The van der Waals surface area contributed by atoms with Gasteiger partial charge in [-0.15, -0.1) is 0 Å². The van der Waals surface area contributed by atoms with Gasteiger partial charge >= 0.3 is 11.9 Å². The van der Waals surface area contributed by atoms with Gasteiger partial charge in [0.25, 0.3) is 7.82 Å². The summed E-state index contributed by atoms with van der Waals surface area (Å²) in [5.41, 5.74) is 0. The fourth-order valence-electron chi connectivity index (χ4n) is 10.5. The number of likely N-dealkylation sites (N-methyl/N-ethyl adjacent to an activating group) is 1. The van der Waals surface area contributed by atoms with Crippen molar-refractivity contribution < 1.29 is 42.1 Å². The van der Waals surface area contributed by atoms with Crippen molar-refractivity contribution in [2.45, 2.75) is 302 Å². The number of phosphoric ester groups is 1.